The van der Waals surface area contributed by atoms with Crippen LogP contribution in [-0.2, 0) is 0 Å². The molecular formula is C16H23FN2. The second kappa shape index (κ2) is 5.22. The number of halogens is 1. The van der Waals surface area contributed by atoms with Crippen molar-refractivity contribution in [1.82, 2.24) is 10.2 Å². The van der Waals surface area contributed by atoms with Crippen LogP contribution in [0.25, 0.3) is 0 Å². The molecule has 1 N–H and O–H groups in total. The Morgan fingerprint density at radius 1 is 1.26 bits per heavy atom. The largest absolute Gasteiger partial charge is 0.313 e. The molecule has 104 valence electrons. The minimum atomic E-state index is -0.131. The van der Waals surface area contributed by atoms with E-state index in [1.54, 1.807) is 6.07 Å². The molecule has 2 saturated heterocycles. The topological polar surface area (TPSA) is 15.3 Å². The molecule has 1 aromatic rings. The summed E-state index contributed by atoms with van der Waals surface area (Å²) in [5.74, 6) is 0.495. The Hall–Kier alpha value is -0.930. The lowest BCUT2D eigenvalue weighted by atomic mass is 9.82. The highest BCUT2D eigenvalue weighted by Gasteiger charge is 2.40. The molecule has 3 atom stereocenters. The molecule has 0 aromatic heterocycles. The summed E-state index contributed by atoms with van der Waals surface area (Å²) in [5, 5.41) is 3.41. The van der Waals surface area contributed by atoms with Gasteiger partial charge in [-0.1, -0.05) is 12.1 Å². The van der Waals surface area contributed by atoms with Gasteiger partial charge in [0.25, 0.3) is 0 Å². The molecule has 0 spiro atoms. The highest BCUT2D eigenvalue weighted by Crippen LogP contribution is 2.42. The Morgan fingerprint density at radius 3 is 2.53 bits per heavy atom. The molecule has 0 radical (unpaired) electrons. The van der Waals surface area contributed by atoms with Gasteiger partial charge in [-0.2, -0.15) is 0 Å². The third-order valence-electron chi connectivity index (χ3n) is 5.12. The highest BCUT2D eigenvalue weighted by molar-refractivity contribution is 5.21. The monoisotopic (exact) mass is 262 g/mol. The molecule has 2 nitrogen and oxygen atoms in total. The van der Waals surface area contributed by atoms with Crippen molar-refractivity contribution in [2.24, 2.45) is 5.92 Å². The van der Waals surface area contributed by atoms with E-state index in [1.807, 2.05) is 19.2 Å². The van der Waals surface area contributed by atoms with Crippen LogP contribution in [0.3, 0.4) is 0 Å². The van der Waals surface area contributed by atoms with Gasteiger partial charge < -0.3 is 10.2 Å². The Morgan fingerprint density at radius 2 is 1.95 bits per heavy atom. The average molecular weight is 262 g/mol. The number of hydrogen-bond acceptors (Lipinski definition) is 2. The Balaban J connectivity index is 1.80. The quantitative estimate of drug-likeness (QED) is 0.901. The van der Waals surface area contributed by atoms with Gasteiger partial charge in [0.2, 0.25) is 0 Å². The fourth-order valence-electron chi connectivity index (χ4n) is 4.10. The second-order valence-electron chi connectivity index (χ2n) is 6.10. The molecule has 0 saturated carbocycles. The van der Waals surface area contributed by atoms with Gasteiger partial charge in [-0.3, -0.25) is 0 Å². The predicted molar refractivity (Wildman–Crippen MR) is 75.5 cm³/mol. The first-order valence-electron chi connectivity index (χ1n) is 7.33. The van der Waals surface area contributed by atoms with E-state index in [-0.39, 0.29) is 11.9 Å². The molecule has 3 unspecified atom stereocenters. The van der Waals surface area contributed by atoms with Crippen molar-refractivity contribution < 1.29 is 4.39 Å². The lowest BCUT2D eigenvalue weighted by Gasteiger charge is -2.40. The molecular weight excluding hydrogens is 239 g/mol. The lowest BCUT2D eigenvalue weighted by molar-refractivity contribution is 0.114. The standard InChI is InChI=1S/C16H23FN2/c1-18-16(11-4-3-5-13(17)8-11)12-9-14-6-7-15(10-12)19(14)2/h3-5,8,12,14-16,18H,6-7,9-10H2,1-2H3. The van der Waals surface area contributed by atoms with Crippen molar-refractivity contribution in [2.45, 2.75) is 43.8 Å². The Kier molecular flexibility index (Phi) is 3.59. The van der Waals surface area contributed by atoms with Crippen molar-refractivity contribution >= 4 is 0 Å². The van der Waals surface area contributed by atoms with Gasteiger partial charge in [-0.25, -0.2) is 4.39 Å². The van der Waals surface area contributed by atoms with Crippen molar-refractivity contribution in [2.75, 3.05) is 14.1 Å². The van der Waals surface area contributed by atoms with Crippen LogP contribution in [0.5, 0.6) is 0 Å². The lowest BCUT2D eigenvalue weighted by Crippen LogP contribution is -2.43. The summed E-state index contributed by atoms with van der Waals surface area (Å²) in [6.07, 6.45) is 5.12. The maximum Gasteiger partial charge on any atom is 0.123 e. The summed E-state index contributed by atoms with van der Waals surface area (Å²) >= 11 is 0. The van der Waals surface area contributed by atoms with Crippen molar-refractivity contribution in [3.8, 4) is 0 Å². The molecule has 2 heterocycles. The van der Waals surface area contributed by atoms with Crippen LogP contribution < -0.4 is 5.32 Å². The van der Waals surface area contributed by atoms with E-state index in [1.165, 1.54) is 31.7 Å². The number of nitrogens with zero attached hydrogens (tertiary/aromatic N) is 1. The van der Waals surface area contributed by atoms with E-state index in [2.05, 4.69) is 17.3 Å². The van der Waals surface area contributed by atoms with Crippen molar-refractivity contribution in [1.29, 1.82) is 0 Å². The summed E-state index contributed by atoms with van der Waals surface area (Å²) in [4.78, 5) is 2.55. The van der Waals surface area contributed by atoms with Crippen molar-refractivity contribution in [3.05, 3.63) is 35.6 Å². The maximum absolute atomic E-state index is 13.4. The number of benzene rings is 1. The SMILES string of the molecule is CNC(c1cccc(F)c1)C1CC2CCC(C1)N2C. The fourth-order valence-corrected chi connectivity index (χ4v) is 4.10. The molecule has 1 aromatic carbocycles. The highest BCUT2D eigenvalue weighted by atomic mass is 19.1. The van der Waals surface area contributed by atoms with E-state index in [0.717, 1.165) is 17.6 Å². The summed E-state index contributed by atoms with van der Waals surface area (Å²) in [5.41, 5.74) is 1.09. The first kappa shape index (κ1) is 13.1. The van der Waals surface area contributed by atoms with Crippen molar-refractivity contribution in [3.63, 3.8) is 0 Å². The number of nitrogens with one attached hydrogen (secondary N) is 1. The van der Waals surface area contributed by atoms with E-state index in [4.69, 9.17) is 0 Å². The minimum absolute atomic E-state index is 0.131. The average Bonchev–Trinajstić information content (AvgIpc) is 2.63. The number of fused-ring (bicyclic) bond motifs is 2. The zero-order valence-corrected chi connectivity index (χ0v) is 11.8. The van der Waals surface area contributed by atoms with Crippen LogP contribution >= 0.6 is 0 Å². The van der Waals surface area contributed by atoms with Crippen LogP contribution in [0.4, 0.5) is 4.39 Å². The molecule has 0 aliphatic carbocycles. The van der Waals surface area contributed by atoms with Crippen LogP contribution in [-0.4, -0.2) is 31.1 Å². The van der Waals surface area contributed by atoms with Gasteiger partial charge in [0.05, 0.1) is 0 Å². The third kappa shape index (κ3) is 2.41. The predicted octanol–water partition coefficient (Wildman–Crippen LogP) is 2.96. The van der Waals surface area contributed by atoms with E-state index in [0.29, 0.717) is 5.92 Å². The van der Waals surface area contributed by atoms with Gasteiger partial charge in [0.15, 0.2) is 0 Å². The number of piperidine rings is 1. The summed E-state index contributed by atoms with van der Waals surface area (Å²) < 4.78 is 13.4. The number of hydrogen-bond donors (Lipinski definition) is 1. The fraction of sp³-hybridized carbons (Fsp3) is 0.625. The minimum Gasteiger partial charge on any atom is -0.313 e. The van der Waals surface area contributed by atoms with Gasteiger partial charge in [0, 0.05) is 18.1 Å². The second-order valence-corrected chi connectivity index (χ2v) is 6.10. The van der Waals surface area contributed by atoms with Gasteiger partial charge in [-0.05, 0) is 63.4 Å². The maximum atomic E-state index is 13.4. The van der Waals surface area contributed by atoms with E-state index >= 15 is 0 Å². The van der Waals surface area contributed by atoms with Crippen LogP contribution in [0.1, 0.15) is 37.3 Å². The summed E-state index contributed by atoms with van der Waals surface area (Å²) in [6, 6.07) is 8.81. The zero-order chi connectivity index (χ0) is 13.4. The Bertz CT molecular complexity index is 434. The van der Waals surface area contributed by atoms with Crippen LogP contribution in [0.2, 0.25) is 0 Å². The van der Waals surface area contributed by atoms with Gasteiger partial charge in [-0.15, -0.1) is 0 Å². The molecule has 0 amide bonds. The smallest absolute Gasteiger partial charge is 0.123 e. The molecule has 2 aliphatic rings. The summed E-state index contributed by atoms with van der Waals surface area (Å²) in [7, 11) is 4.25. The van der Waals surface area contributed by atoms with E-state index in [9.17, 15) is 4.39 Å². The third-order valence-corrected chi connectivity index (χ3v) is 5.12. The van der Waals surface area contributed by atoms with Gasteiger partial charge in [0.1, 0.15) is 5.82 Å². The molecule has 3 heteroatoms. The first-order valence-corrected chi connectivity index (χ1v) is 7.33. The number of rotatable bonds is 3. The van der Waals surface area contributed by atoms with Crippen LogP contribution in [0.15, 0.2) is 24.3 Å². The van der Waals surface area contributed by atoms with E-state index < -0.39 is 0 Å². The normalized spacial score (nSPS) is 32.5. The molecule has 2 bridgehead atoms. The first-order chi connectivity index (χ1) is 9.19. The molecule has 2 fully saturated rings. The van der Waals surface area contributed by atoms with Crippen LogP contribution in [0, 0.1) is 11.7 Å². The zero-order valence-electron chi connectivity index (χ0n) is 11.8. The van der Waals surface area contributed by atoms with Gasteiger partial charge >= 0.3 is 0 Å². The molecule has 2 aliphatic heterocycles. The molecule has 19 heavy (non-hydrogen) atoms. The Labute approximate surface area is 115 Å². The summed E-state index contributed by atoms with van der Waals surface area (Å²) in [6.45, 7) is 0. The molecule has 3 rings (SSSR count).